The van der Waals surface area contributed by atoms with Crippen LogP contribution >= 0.6 is 0 Å². The molecule has 1 rings (SSSR count). The van der Waals surface area contributed by atoms with Crippen molar-refractivity contribution in [1.29, 1.82) is 0 Å². The molecule has 1 heterocycles. The summed E-state index contributed by atoms with van der Waals surface area (Å²) < 4.78 is 0. The number of rotatable bonds is 7. The second-order valence-corrected chi connectivity index (χ2v) is 4.34. The molecule has 106 valence electrons. The molecule has 0 aliphatic heterocycles. The van der Waals surface area contributed by atoms with Gasteiger partial charge in [-0.05, 0) is 25.0 Å². The Hall–Kier alpha value is -1.62. The lowest BCUT2D eigenvalue weighted by atomic mass is 10.1. The highest BCUT2D eigenvalue weighted by atomic mass is 16.3. The lowest BCUT2D eigenvalue weighted by Gasteiger charge is -2.30. The number of aliphatic hydroxyl groups excluding tert-OH is 1. The van der Waals surface area contributed by atoms with E-state index in [1.165, 1.54) is 0 Å². The van der Waals surface area contributed by atoms with Crippen LogP contribution in [0.5, 0.6) is 0 Å². The number of pyridine rings is 1. The van der Waals surface area contributed by atoms with Gasteiger partial charge in [0.05, 0.1) is 12.2 Å². The molecule has 0 unspecified atom stereocenters. The van der Waals surface area contributed by atoms with E-state index in [1.807, 2.05) is 13.8 Å². The van der Waals surface area contributed by atoms with Gasteiger partial charge in [0.1, 0.15) is 5.82 Å². The predicted molar refractivity (Wildman–Crippen MR) is 76.3 cm³/mol. The largest absolute Gasteiger partial charge is 0.395 e. The van der Waals surface area contributed by atoms with E-state index in [4.69, 9.17) is 0 Å². The zero-order chi connectivity index (χ0) is 14.3. The van der Waals surface area contributed by atoms with Gasteiger partial charge in [-0.3, -0.25) is 4.79 Å². The summed E-state index contributed by atoms with van der Waals surface area (Å²) in [6, 6.07) is 3.65. The highest BCUT2D eigenvalue weighted by Gasteiger charge is 2.23. The molecule has 0 saturated carbocycles. The molecule has 5 heteroatoms. The molecule has 2 N–H and O–H groups in total. The van der Waals surface area contributed by atoms with Crippen LogP contribution in [0.25, 0.3) is 0 Å². The zero-order valence-corrected chi connectivity index (χ0v) is 11.9. The van der Waals surface area contributed by atoms with Crippen LogP contribution in [0.3, 0.4) is 0 Å². The summed E-state index contributed by atoms with van der Waals surface area (Å²) >= 11 is 0. The molecule has 0 atom stereocenters. The van der Waals surface area contributed by atoms with Crippen LogP contribution in [0.15, 0.2) is 18.3 Å². The van der Waals surface area contributed by atoms with Gasteiger partial charge in [0.15, 0.2) is 0 Å². The SMILES string of the molecule is CCC(CC)N(CCO)C(=O)c1cccnc1NC. The van der Waals surface area contributed by atoms with Crippen molar-refractivity contribution in [2.45, 2.75) is 32.7 Å². The number of carbonyl (C=O) groups is 1. The predicted octanol–water partition coefficient (Wildman–Crippen LogP) is 1.75. The minimum atomic E-state index is -0.0831. The van der Waals surface area contributed by atoms with Crippen molar-refractivity contribution in [2.75, 3.05) is 25.5 Å². The maximum absolute atomic E-state index is 12.6. The number of anilines is 1. The summed E-state index contributed by atoms with van der Waals surface area (Å²) in [4.78, 5) is 18.5. The second kappa shape index (κ2) is 7.74. The number of aliphatic hydroxyl groups is 1. The van der Waals surface area contributed by atoms with Crippen molar-refractivity contribution < 1.29 is 9.90 Å². The maximum Gasteiger partial charge on any atom is 0.257 e. The van der Waals surface area contributed by atoms with Crippen molar-refractivity contribution in [1.82, 2.24) is 9.88 Å². The van der Waals surface area contributed by atoms with Crippen molar-refractivity contribution in [2.24, 2.45) is 0 Å². The summed E-state index contributed by atoms with van der Waals surface area (Å²) in [7, 11) is 1.74. The zero-order valence-electron chi connectivity index (χ0n) is 11.9. The molecule has 1 aromatic heterocycles. The first kappa shape index (κ1) is 15.4. The van der Waals surface area contributed by atoms with Gasteiger partial charge in [0.25, 0.3) is 5.91 Å². The minimum absolute atomic E-state index is 0.0304. The number of hydrogen-bond acceptors (Lipinski definition) is 4. The van der Waals surface area contributed by atoms with Gasteiger partial charge in [-0.25, -0.2) is 4.98 Å². The molecule has 0 aromatic carbocycles. The van der Waals surface area contributed by atoms with Crippen LogP contribution in [-0.4, -0.2) is 47.1 Å². The highest BCUT2D eigenvalue weighted by molar-refractivity contribution is 5.98. The Labute approximate surface area is 114 Å². The average Bonchev–Trinajstić information content (AvgIpc) is 2.46. The quantitative estimate of drug-likeness (QED) is 0.788. The average molecular weight is 265 g/mol. The molecule has 5 nitrogen and oxygen atoms in total. The van der Waals surface area contributed by atoms with Gasteiger partial charge in [-0.2, -0.15) is 0 Å². The number of nitrogens with zero attached hydrogens (tertiary/aromatic N) is 2. The van der Waals surface area contributed by atoms with Crippen molar-refractivity contribution in [3.63, 3.8) is 0 Å². The Kier molecular flexibility index (Phi) is 6.29. The Morgan fingerprint density at radius 3 is 2.68 bits per heavy atom. The summed E-state index contributed by atoms with van der Waals surface area (Å²) in [5.41, 5.74) is 0.547. The van der Waals surface area contributed by atoms with Gasteiger partial charge in [-0.1, -0.05) is 13.8 Å². The first-order chi connectivity index (χ1) is 9.19. The van der Waals surface area contributed by atoms with E-state index in [9.17, 15) is 9.90 Å². The third-order valence-corrected chi connectivity index (χ3v) is 3.26. The second-order valence-electron chi connectivity index (χ2n) is 4.34. The molecule has 0 fully saturated rings. The highest BCUT2D eigenvalue weighted by Crippen LogP contribution is 2.17. The van der Waals surface area contributed by atoms with Gasteiger partial charge < -0.3 is 15.3 Å². The van der Waals surface area contributed by atoms with Crippen LogP contribution in [-0.2, 0) is 0 Å². The third kappa shape index (κ3) is 3.67. The van der Waals surface area contributed by atoms with Crippen LogP contribution in [0.1, 0.15) is 37.0 Å². The van der Waals surface area contributed by atoms with Crippen molar-refractivity contribution in [3.05, 3.63) is 23.9 Å². The molecule has 0 spiro atoms. The number of hydrogen-bond donors (Lipinski definition) is 2. The van der Waals surface area contributed by atoms with E-state index < -0.39 is 0 Å². The smallest absolute Gasteiger partial charge is 0.257 e. The molecular formula is C14H23N3O2. The van der Waals surface area contributed by atoms with E-state index in [0.717, 1.165) is 12.8 Å². The first-order valence-corrected chi connectivity index (χ1v) is 6.74. The van der Waals surface area contributed by atoms with Gasteiger partial charge in [0.2, 0.25) is 0 Å². The fourth-order valence-electron chi connectivity index (χ4n) is 2.22. The fraction of sp³-hybridized carbons (Fsp3) is 0.571. The van der Waals surface area contributed by atoms with Gasteiger partial charge >= 0.3 is 0 Å². The van der Waals surface area contributed by atoms with E-state index in [0.29, 0.717) is 17.9 Å². The van der Waals surface area contributed by atoms with Crippen molar-refractivity contribution in [3.8, 4) is 0 Å². The molecule has 0 aliphatic carbocycles. The Morgan fingerprint density at radius 2 is 2.16 bits per heavy atom. The van der Waals surface area contributed by atoms with Gasteiger partial charge in [-0.15, -0.1) is 0 Å². The fourth-order valence-corrected chi connectivity index (χ4v) is 2.22. The number of amides is 1. The molecule has 0 aliphatic rings. The lowest BCUT2D eigenvalue weighted by molar-refractivity contribution is 0.0623. The number of nitrogens with one attached hydrogen (secondary N) is 1. The third-order valence-electron chi connectivity index (χ3n) is 3.26. The van der Waals surface area contributed by atoms with Crippen molar-refractivity contribution >= 4 is 11.7 Å². The standard InChI is InChI=1S/C14H23N3O2/c1-4-11(5-2)17(9-10-18)14(19)12-7-6-8-16-13(12)15-3/h6-8,11,18H,4-5,9-10H2,1-3H3,(H,15,16). The van der Waals surface area contributed by atoms with E-state index >= 15 is 0 Å². The molecule has 0 bridgehead atoms. The van der Waals surface area contributed by atoms with Crippen LogP contribution in [0.2, 0.25) is 0 Å². The molecule has 0 saturated heterocycles. The van der Waals surface area contributed by atoms with Crippen LogP contribution < -0.4 is 5.32 Å². The molecular weight excluding hydrogens is 242 g/mol. The molecule has 0 radical (unpaired) electrons. The summed E-state index contributed by atoms with van der Waals surface area (Å²) in [6.45, 7) is 4.42. The number of aromatic nitrogens is 1. The van der Waals surface area contributed by atoms with E-state index in [-0.39, 0.29) is 18.6 Å². The van der Waals surface area contributed by atoms with Crippen LogP contribution in [0, 0.1) is 0 Å². The Balaban J connectivity index is 3.04. The minimum Gasteiger partial charge on any atom is -0.395 e. The van der Waals surface area contributed by atoms with E-state index in [2.05, 4.69) is 10.3 Å². The molecule has 19 heavy (non-hydrogen) atoms. The first-order valence-electron chi connectivity index (χ1n) is 6.74. The summed E-state index contributed by atoms with van der Waals surface area (Å²) in [5, 5.41) is 12.1. The topological polar surface area (TPSA) is 65.5 Å². The van der Waals surface area contributed by atoms with Crippen LogP contribution in [0.4, 0.5) is 5.82 Å². The summed E-state index contributed by atoms with van der Waals surface area (Å²) in [5.74, 6) is 0.488. The Bertz CT molecular complexity index is 405. The summed E-state index contributed by atoms with van der Waals surface area (Å²) in [6.07, 6.45) is 3.39. The maximum atomic E-state index is 12.6. The number of carbonyl (C=O) groups excluding carboxylic acids is 1. The lowest BCUT2D eigenvalue weighted by Crippen LogP contribution is -2.41. The normalized spacial score (nSPS) is 10.6. The van der Waals surface area contributed by atoms with Gasteiger partial charge in [0, 0.05) is 25.8 Å². The molecule has 1 aromatic rings. The molecule has 1 amide bonds. The monoisotopic (exact) mass is 265 g/mol. The Morgan fingerprint density at radius 1 is 1.47 bits per heavy atom. The van der Waals surface area contributed by atoms with E-state index in [1.54, 1.807) is 30.3 Å².